The van der Waals surface area contributed by atoms with Crippen LogP contribution in [0.2, 0.25) is 0 Å². The van der Waals surface area contributed by atoms with Crippen LogP contribution in [0.1, 0.15) is 17.5 Å². The standard InChI is InChI=1S/C25H28FN7/c1-16-11-18(26)12-17(2)23(16)30-24-22-13-29-33(25(22)28-15-27-24)20-7-5-19(6-8-20)32-10-9-21(14-32)31(3)4/h5-8,11-13,15,21H,9-10,14H2,1-4H3,(H,27,28,30)/t21-/m0/s1. The van der Waals surface area contributed by atoms with E-state index in [0.29, 0.717) is 17.5 Å². The predicted octanol–water partition coefficient (Wildman–Crippen LogP) is 4.46. The zero-order valence-corrected chi connectivity index (χ0v) is 19.4. The monoisotopic (exact) mass is 445 g/mol. The number of hydrogen-bond donors (Lipinski definition) is 1. The highest BCUT2D eigenvalue weighted by Gasteiger charge is 2.24. The third-order valence-corrected chi connectivity index (χ3v) is 6.46. The van der Waals surface area contributed by atoms with Crippen molar-refractivity contribution in [2.75, 3.05) is 37.4 Å². The minimum atomic E-state index is -0.245. The van der Waals surface area contributed by atoms with E-state index in [4.69, 9.17) is 0 Å². The summed E-state index contributed by atoms with van der Waals surface area (Å²) >= 11 is 0. The van der Waals surface area contributed by atoms with Gasteiger partial charge in [0, 0.05) is 30.5 Å². The molecule has 1 aliphatic rings. The molecule has 0 amide bonds. The molecule has 1 N–H and O–H groups in total. The summed E-state index contributed by atoms with van der Waals surface area (Å²) in [6.07, 6.45) is 4.47. The molecule has 7 nitrogen and oxygen atoms in total. The van der Waals surface area contributed by atoms with Gasteiger partial charge in [0.1, 0.15) is 18.0 Å². The summed E-state index contributed by atoms with van der Waals surface area (Å²) in [5.74, 6) is 0.401. The van der Waals surface area contributed by atoms with Gasteiger partial charge in [-0.3, -0.25) is 0 Å². The lowest BCUT2D eigenvalue weighted by atomic mass is 10.1. The van der Waals surface area contributed by atoms with Crippen LogP contribution in [-0.4, -0.2) is 57.9 Å². The fraction of sp³-hybridized carbons (Fsp3) is 0.320. The number of aromatic nitrogens is 4. The van der Waals surface area contributed by atoms with Crippen LogP contribution in [0, 0.1) is 19.7 Å². The highest BCUT2D eigenvalue weighted by Crippen LogP contribution is 2.29. The second-order valence-corrected chi connectivity index (χ2v) is 8.92. The van der Waals surface area contributed by atoms with Crippen molar-refractivity contribution in [1.82, 2.24) is 24.6 Å². The summed E-state index contributed by atoms with van der Waals surface area (Å²) in [5, 5.41) is 8.74. The molecule has 8 heteroatoms. The maximum Gasteiger partial charge on any atom is 0.168 e. The van der Waals surface area contributed by atoms with Gasteiger partial charge >= 0.3 is 0 Å². The second-order valence-electron chi connectivity index (χ2n) is 8.92. The van der Waals surface area contributed by atoms with Crippen molar-refractivity contribution < 1.29 is 4.39 Å². The Balaban J connectivity index is 1.43. The predicted molar refractivity (Wildman–Crippen MR) is 130 cm³/mol. The summed E-state index contributed by atoms with van der Waals surface area (Å²) in [7, 11) is 4.29. The van der Waals surface area contributed by atoms with Crippen molar-refractivity contribution in [3.8, 4) is 5.69 Å². The van der Waals surface area contributed by atoms with Gasteiger partial charge in [-0.25, -0.2) is 19.0 Å². The van der Waals surface area contributed by atoms with Crippen molar-refractivity contribution in [2.45, 2.75) is 26.3 Å². The van der Waals surface area contributed by atoms with Crippen LogP contribution in [0.4, 0.5) is 21.6 Å². The molecule has 0 unspecified atom stereocenters. The average Bonchev–Trinajstić information content (AvgIpc) is 3.44. The Morgan fingerprint density at radius 1 is 1.03 bits per heavy atom. The Morgan fingerprint density at radius 3 is 2.39 bits per heavy atom. The quantitative estimate of drug-likeness (QED) is 0.490. The molecular weight excluding hydrogens is 417 g/mol. The lowest BCUT2D eigenvalue weighted by Gasteiger charge is -2.22. The molecule has 0 bridgehead atoms. The van der Waals surface area contributed by atoms with Crippen LogP contribution in [-0.2, 0) is 0 Å². The summed E-state index contributed by atoms with van der Waals surface area (Å²) in [6, 6.07) is 12.1. The highest BCUT2D eigenvalue weighted by atomic mass is 19.1. The molecule has 4 aromatic rings. The van der Waals surface area contributed by atoms with Crippen LogP contribution in [0.25, 0.3) is 16.7 Å². The Kier molecular flexibility index (Phi) is 5.46. The van der Waals surface area contributed by atoms with Gasteiger partial charge in [-0.1, -0.05) is 0 Å². The number of rotatable bonds is 5. The van der Waals surface area contributed by atoms with Crippen LogP contribution >= 0.6 is 0 Å². The topological polar surface area (TPSA) is 62.1 Å². The SMILES string of the molecule is Cc1cc(F)cc(C)c1Nc1ncnc2c1cnn2-c1ccc(N2CC[C@H](N(C)C)C2)cc1. The molecule has 33 heavy (non-hydrogen) atoms. The van der Waals surface area contributed by atoms with Crippen molar-refractivity contribution in [3.05, 3.63) is 65.9 Å². The summed E-state index contributed by atoms with van der Waals surface area (Å²) in [4.78, 5) is 13.6. The van der Waals surface area contributed by atoms with Gasteiger partial charge in [0.15, 0.2) is 5.65 Å². The number of likely N-dealkylation sites (N-methyl/N-ethyl adjacent to an activating group) is 1. The van der Waals surface area contributed by atoms with E-state index in [0.717, 1.165) is 41.0 Å². The van der Waals surface area contributed by atoms with E-state index in [1.807, 2.05) is 18.5 Å². The molecule has 0 saturated carbocycles. The fourth-order valence-corrected chi connectivity index (χ4v) is 4.56. The Hall–Kier alpha value is -3.52. The first-order valence-electron chi connectivity index (χ1n) is 11.1. The summed E-state index contributed by atoms with van der Waals surface area (Å²) in [5.41, 5.74) is 5.36. The molecule has 1 atom stereocenters. The third kappa shape index (κ3) is 4.02. The molecule has 170 valence electrons. The maximum atomic E-state index is 13.7. The van der Waals surface area contributed by atoms with Gasteiger partial charge in [-0.2, -0.15) is 5.10 Å². The zero-order chi connectivity index (χ0) is 23.1. The second kappa shape index (κ2) is 8.44. The van der Waals surface area contributed by atoms with Crippen molar-refractivity contribution >= 4 is 28.2 Å². The molecule has 3 heterocycles. The normalized spacial score (nSPS) is 16.2. The molecule has 0 aliphatic carbocycles. The minimum Gasteiger partial charge on any atom is -0.370 e. The molecule has 1 aliphatic heterocycles. The van der Waals surface area contributed by atoms with Crippen molar-refractivity contribution in [3.63, 3.8) is 0 Å². The highest BCUT2D eigenvalue weighted by molar-refractivity contribution is 5.89. The molecule has 0 spiro atoms. The van der Waals surface area contributed by atoms with Gasteiger partial charge < -0.3 is 15.1 Å². The Morgan fingerprint density at radius 2 is 1.73 bits per heavy atom. The van der Waals surface area contributed by atoms with Gasteiger partial charge in [-0.15, -0.1) is 0 Å². The first-order chi connectivity index (χ1) is 15.9. The largest absolute Gasteiger partial charge is 0.370 e. The molecule has 5 rings (SSSR count). The first kappa shape index (κ1) is 21.3. The first-order valence-corrected chi connectivity index (χ1v) is 11.1. The Labute approximate surface area is 192 Å². The van der Waals surface area contributed by atoms with E-state index in [9.17, 15) is 4.39 Å². The van der Waals surface area contributed by atoms with Crippen LogP contribution in [0.5, 0.6) is 0 Å². The van der Waals surface area contributed by atoms with Crippen molar-refractivity contribution in [1.29, 1.82) is 0 Å². The van der Waals surface area contributed by atoms with Gasteiger partial charge in [0.25, 0.3) is 0 Å². The zero-order valence-electron chi connectivity index (χ0n) is 19.4. The van der Waals surface area contributed by atoms with Crippen LogP contribution in [0.3, 0.4) is 0 Å². The van der Waals surface area contributed by atoms with Gasteiger partial charge in [0.2, 0.25) is 0 Å². The third-order valence-electron chi connectivity index (χ3n) is 6.46. The van der Waals surface area contributed by atoms with Gasteiger partial charge in [-0.05, 0) is 81.9 Å². The van der Waals surface area contributed by atoms with E-state index in [1.54, 1.807) is 6.20 Å². The van der Waals surface area contributed by atoms with E-state index in [-0.39, 0.29) is 5.82 Å². The van der Waals surface area contributed by atoms with Gasteiger partial charge in [0.05, 0.1) is 17.3 Å². The maximum absolute atomic E-state index is 13.7. The van der Waals surface area contributed by atoms with Crippen molar-refractivity contribution in [2.24, 2.45) is 0 Å². The lowest BCUT2D eigenvalue weighted by molar-refractivity contribution is 0.315. The summed E-state index contributed by atoms with van der Waals surface area (Å²) < 4.78 is 15.5. The van der Waals surface area contributed by atoms with E-state index in [1.165, 1.54) is 30.6 Å². The number of benzene rings is 2. The van der Waals surface area contributed by atoms with E-state index < -0.39 is 0 Å². The number of hydrogen-bond acceptors (Lipinski definition) is 6. The summed E-state index contributed by atoms with van der Waals surface area (Å²) in [6.45, 7) is 5.87. The number of fused-ring (bicyclic) bond motifs is 1. The minimum absolute atomic E-state index is 0.245. The van der Waals surface area contributed by atoms with E-state index in [2.05, 4.69) is 68.5 Å². The smallest absolute Gasteiger partial charge is 0.168 e. The lowest BCUT2D eigenvalue weighted by Crippen LogP contribution is -2.31. The number of nitrogens with one attached hydrogen (secondary N) is 1. The molecule has 0 radical (unpaired) electrons. The molecule has 1 fully saturated rings. The van der Waals surface area contributed by atoms with Crippen LogP contribution < -0.4 is 10.2 Å². The number of aryl methyl sites for hydroxylation is 2. The molecule has 2 aromatic carbocycles. The molecule has 1 saturated heterocycles. The number of nitrogens with zero attached hydrogens (tertiary/aromatic N) is 6. The Bertz CT molecular complexity index is 1270. The number of halogens is 1. The fourth-order valence-electron chi connectivity index (χ4n) is 4.56. The average molecular weight is 446 g/mol. The molecular formula is C25H28FN7. The van der Waals surface area contributed by atoms with E-state index >= 15 is 0 Å². The number of anilines is 3. The van der Waals surface area contributed by atoms with Crippen LogP contribution in [0.15, 0.2) is 48.9 Å². The molecule has 2 aromatic heterocycles.